The van der Waals surface area contributed by atoms with E-state index in [4.69, 9.17) is 4.74 Å². The topological polar surface area (TPSA) is 64.4 Å². The van der Waals surface area contributed by atoms with Crippen molar-refractivity contribution in [3.63, 3.8) is 0 Å². The van der Waals surface area contributed by atoms with E-state index in [0.717, 1.165) is 17.7 Å². The van der Waals surface area contributed by atoms with Gasteiger partial charge in [-0.25, -0.2) is 4.98 Å². The maximum absolute atomic E-state index is 13.4. The fraction of sp³-hybridized carbons (Fsp3) is 0.261. The molecule has 0 aliphatic carbocycles. The van der Waals surface area contributed by atoms with E-state index in [2.05, 4.69) is 11.1 Å². The van der Waals surface area contributed by atoms with E-state index in [9.17, 15) is 9.59 Å². The standard InChI is InChI=1S/C23H23N3O3S2/c1-16(12-19-4-3-10-30-19)26(13-17-5-7-18(29-2)8-6-17)21(27)14-25-15-24-20-9-11-31-22(20)23(25)28/h3-11,15-16H,12-14H2,1-2H3. The maximum atomic E-state index is 13.4. The fourth-order valence-corrected chi connectivity index (χ4v) is 5.09. The summed E-state index contributed by atoms with van der Waals surface area (Å²) in [5.74, 6) is 0.662. The van der Waals surface area contributed by atoms with Crippen molar-refractivity contribution in [1.82, 2.24) is 14.5 Å². The molecule has 0 radical (unpaired) electrons. The van der Waals surface area contributed by atoms with Crippen LogP contribution in [0.25, 0.3) is 10.2 Å². The van der Waals surface area contributed by atoms with E-state index in [-0.39, 0.29) is 24.1 Å². The number of benzene rings is 1. The lowest BCUT2D eigenvalue weighted by molar-refractivity contribution is -0.134. The Kier molecular flexibility index (Phi) is 6.48. The van der Waals surface area contributed by atoms with Crippen LogP contribution in [-0.2, 0) is 24.3 Å². The van der Waals surface area contributed by atoms with Crippen LogP contribution in [0.15, 0.2) is 64.3 Å². The minimum Gasteiger partial charge on any atom is -0.497 e. The van der Waals surface area contributed by atoms with Crippen molar-refractivity contribution in [2.75, 3.05) is 7.11 Å². The summed E-state index contributed by atoms with van der Waals surface area (Å²) < 4.78 is 7.21. The number of thiophene rings is 2. The number of carbonyl (C=O) groups is 1. The molecule has 8 heteroatoms. The Labute approximate surface area is 188 Å². The summed E-state index contributed by atoms with van der Waals surface area (Å²) in [4.78, 5) is 33.5. The molecule has 4 aromatic rings. The van der Waals surface area contributed by atoms with Gasteiger partial charge in [0.15, 0.2) is 0 Å². The molecule has 0 aliphatic heterocycles. The number of hydrogen-bond acceptors (Lipinski definition) is 6. The highest BCUT2D eigenvalue weighted by molar-refractivity contribution is 7.17. The van der Waals surface area contributed by atoms with Gasteiger partial charge in [-0.2, -0.15) is 0 Å². The third-order valence-electron chi connectivity index (χ3n) is 5.18. The SMILES string of the molecule is COc1ccc(CN(C(=O)Cn2cnc3ccsc3c2=O)C(C)Cc2cccs2)cc1. The van der Waals surface area contributed by atoms with Crippen LogP contribution in [0.5, 0.6) is 5.75 Å². The highest BCUT2D eigenvalue weighted by Crippen LogP contribution is 2.19. The van der Waals surface area contributed by atoms with Crippen LogP contribution in [0.1, 0.15) is 17.4 Å². The maximum Gasteiger partial charge on any atom is 0.271 e. The van der Waals surface area contributed by atoms with Gasteiger partial charge in [0.25, 0.3) is 5.56 Å². The monoisotopic (exact) mass is 453 g/mol. The lowest BCUT2D eigenvalue weighted by atomic mass is 10.1. The molecule has 3 aromatic heterocycles. The number of rotatable bonds is 8. The molecule has 6 nitrogen and oxygen atoms in total. The first-order valence-corrected chi connectivity index (χ1v) is 11.7. The molecule has 1 amide bonds. The first-order chi connectivity index (χ1) is 15.0. The molecule has 3 heterocycles. The van der Waals surface area contributed by atoms with Gasteiger partial charge in [-0.1, -0.05) is 18.2 Å². The number of methoxy groups -OCH3 is 1. The van der Waals surface area contributed by atoms with Crippen LogP contribution in [0.3, 0.4) is 0 Å². The number of ether oxygens (including phenoxy) is 1. The highest BCUT2D eigenvalue weighted by Gasteiger charge is 2.22. The minimum atomic E-state index is -0.177. The number of fused-ring (bicyclic) bond motifs is 1. The minimum absolute atomic E-state index is 0.0256. The Morgan fingerprint density at radius 1 is 1.16 bits per heavy atom. The number of aromatic nitrogens is 2. The van der Waals surface area contributed by atoms with E-state index in [0.29, 0.717) is 16.8 Å². The predicted molar refractivity (Wildman–Crippen MR) is 125 cm³/mol. The Morgan fingerprint density at radius 2 is 1.97 bits per heavy atom. The van der Waals surface area contributed by atoms with Crippen molar-refractivity contribution in [2.45, 2.75) is 32.5 Å². The van der Waals surface area contributed by atoms with Crippen LogP contribution in [-0.4, -0.2) is 33.5 Å². The normalized spacial score (nSPS) is 12.1. The predicted octanol–water partition coefficient (Wildman–Crippen LogP) is 4.19. The van der Waals surface area contributed by atoms with Crippen molar-refractivity contribution in [1.29, 1.82) is 0 Å². The summed E-state index contributed by atoms with van der Waals surface area (Å²) in [6, 6.07) is 13.6. The summed E-state index contributed by atoms with van der Waals surface area (Å²) in [6.07, 6.45) is 2.22. The van der Waals surface area contributed by atoms with Gasteiger partial charge in [0.2, 0.25) is 5.91 Å². The molecule has 0 fully saturated rings. The molecule has 0 spiro atoms. The van der Waals surface area contributed by atoms with Gasteiger partial charge in [-0.05, 0) is 47.5 Å². The van der Waals surface area contributed by atoms with Crippen LogP contribution >= 0.6 is 22.7 Å². The van der Waals surface area contributed by atoms with E-state index in [1.807, 2.05) is 59.0 Å². The second-order valence-corrected chi connectivity index (χ2v) is 9.26. The van der Waals surface area contributed by atoms with Crippen LogP contribution in [0.4, 0.5) is 0 Å². The summed E-state index contributed by atoms with van der Waals surface area (Å²) in [5, 5.41) is 3.88. The van der Waals surface area contributed by atoms with Gasteiger partial charge in [0.05, 0.1) is 19.0 Å². The summed E-state index contributed by atoms with van der Waals surface area (Å²) in [7, 11) is 1.63. The molecule has 1 aromatic carbocycles. The molecule has 0 saturated carbocycles. The zero-order valence-corrected chi connectivity index (χ0v) is 19.0. The molecular weight excluding hydrogens is 430 g/mol. The van der Waals surface area contributed by atoms with E-state index in [1.54, 1.807) is 18.4 Å². The summed E-state index contributed by atoms with van der Waals surface area (Å²) in [5.41, 5.74) is 1.50. The Morgan fingerprint density at radius 3 is 2.68 bits per heavy atom. The number of nitrogens with zero attached hydrogens (tertiary/aromatic N) is 3. The second kappa shape index (κ2) is 9.45. The van der Waals surface area contributed by atoms with Gasteiger partial charge in [-0.3, -0.25) is 14.2 Å². The molecule has 0 N–H and O–H groups in total. The lowest BCUT2D eigenvalue weighted by Crippen LogP contribution is -2.42. The summed E-state index contributed by atoms with van der Waals surface area (Å²) >= 11 is 3.03. The Hall–Kier alpha value is -2.97. The van der Waals surface area contributed by atoms with E-state index >= 15 is 0 Å². The van der Waals surface area contributed by atoms with E-state index in [1.165, 1.54) is 27.1 Å². The van der Waals surface area contributed by atoms with Gasteiger partial charge in [0.1, 0.15) is 17.0 Å². The van der Waals surface area contributed by atoms with Gasteiger partial charge in [0, 0.05) is 23.9 Å². The zero-order chi connectivity index (χ0) is 21.8. The fourth-order valence-electron chi connectivity index (χ4n) is 3.48. The van der Waals surface area contributed by atoms with Crippen LogP contribution < -0.4 is 10.3 Å². The first-order valence-electron chi connectivity index (χ1n) is 9.92. The first kappa shape index (κ1) is 21.3. The molecule has 0 saturated heterocycles. The quantitative estimate of drug-likeness (QED) is 0.401. The molecule has 160 valence electrons. The average Bonchev–Trinajstić information content (AvgIpc) is 3.46. The lowest BCUT2D eigenvalue weighted by Gasteiger charge is -2.29. The third kappa shape index (κ3) is 4.86. The molecular formula is C23H23N3O3S2. The number of hydrogen-bond donors (Lipinski definition) is 0. The largest absolute Gasteiger partial charge is 0.497 e. The smallest absolute Gasteiger partial charge is 0.271 e. The van der Waals surface area contributed by atoms with Gasteiger partial charge < -0.3 is 9.64 Å². The number of amides is 1. The summed E-state index contributed by atoms with van der Waals surface area (Å²) in [6.45, 7) is 2.47. The van der Waals surface area contributed by atoms with Crippen LogP contribution in [0, 0.1) is 0 Å². The molecule has 0 bridgehead atoms. The molecule has 1 unspecified atom stereocenters. The third-order valence-corrected chi connectivity index (χ3v) is 6.97. The number of carbonyl (C=O) groups excluding carboxylic acids is 1. The average molecular weight is 454 g/mol. The Balaban J connectivity index is 1.58. The van der Waals surface area contributed by atoms with Crippen molar-refractivity contribution in [2.24, 2.45) is 0 Å². The van der Waals surface area contributed by atoms with Crippen molar-refractivity contribution in [3.05, 3.63) is 80.3 Å². The van der Waals surface area contributed by atoms with Crippen molar-refractivity contribution >= 4 is 38.8 Å². The molecule has 1 atom stereocenters. The van der Waals surface area contributed by atoms with Crippen LogP contribution in [0.2, 0.25) is 0 Å². The molecule has 4 rings (SSSR count). The van der Waals surface area contributed by atoms with Gasteiger partial charge >= 0.3 is 0 Å². The second-order valence-electron chi connectivity index (χ2n) is 7.31. The zero-order valence-electron chi connectivity index (χ0n) is 17.4. The van der Waals surface area contributed by atoms with Crippen molar-refractivity contribution < 1.29 is 9.53 Å². The molecule has 0 aliphatic rings. The van der Waals surface area contributed by atoms with Crippen molar-refractivity contribution in [3.8, 4) is 5.75 Å². The Bertz CT molecular complexity index is 1210. The highest BCUT2D eigenvalue weighted by atomic mass is 32.1. The van der Waals surface area contributed by atoms with Gasteiger partial charge in [-0.15, -0.1) is 22.7 Å². The molecule has 31 heavy (non-hydrogen) atoms. The van der Waals surface area contributed by atoms with E-state index < -0.39 is 0 Å².